The van der Waals surface area contributed by atoms with Gasteiger partial charge < -0.3 is 194 Å². The molecule has 0 unspecified atom stereocenters. The quantitative estimate of drug-likeness (QED) is 0.0377. The van der Waals surface area contributed by atoms with Crippen LogP contribution in [0.2, 0.25) is 0 Å². The van der Waals surface area contributed by atoms with E-state index < -0.39 is 315 Å². The van der Waals surface area contributed by atoms with Crippen LogP contribution in [0.1, 0.15) is 34.6 Å². The van der Waals surface area contributed by atoms with Crippen molar-refractivity contribution >= 4 is 23.6 Å². The van der Waals surface area contributed by atoms with Crippen LogP contribution >= 0.6 is 0 Å². The average molecular weight is 1460 g/mol. The highest BCUT2D eigenvalue weighted by Crippen LogP contribution is 2.42. The zero-order valence-electron chi connectivity index (χ0n) is 54.2. The molecule has 0 radical (unpaired) electrons. The van der Waals surface area contributed by atoms with E-state index >= 15 is 0 Å². The van der Waals surface area contributed by atoms with Gasteiger partial charge in [0, 0.05) is 27.7 Å². The molecular formula is C56H93N5O39. The van der Waals surface area contributed by atoms with Gasteiger partial charge in [-0.05, 0) is 6.92 Å². The Bertz CT molecular complexity index is 2700. The summed E-state index contributed by atoms with van der Waals surface area (Å²) >= 11 is 0. The Morgan fingerprint density at radius 2 is 0.730 bits per heavy atom. The van der Waals surface area contributed by atoms with E-state index in [1.807, 2.05) is 0 Å². The van der Waals surface area contributed by atoms with Gasteiger partial charge in [-0.1, -0.05) is 0 Å². The summed E-state index contributed by atoms with van der Waals surface area (Å²) in [6, 6.07) is -5.32. The summed E-state index contributed by atoms with van der Waals surface area (Å²) in [5.74, 6) is -3.24. The highest BCUT2D eigenvalue weighted by atomic mass is 16.8. The molecule has 44 heteroatoms. The third-order valence-corrected chi connectivity index (χ3v) is 18.7. The third-order valence-electron chi connectivity index (χ3n) is 18.7. The summed E-state index contributed by atoms with van der Waals surface area (Å²) in [5.41, 5.74) is -1.77. The molecule has 576 valence electrons. The summed E-state index contributed by atoms with van der Waals surface area (Å²) in [6.07, 6.45) is -69.4. The topological polar surface area (TPSA) is 681 Å². The van der Waals surface area contributed by atoms with E-state index in [9.17, 15) is 121 Å². The first-order valence-electron chi connectivity index (χ1n) is 32.1. The van der Waals surface area contributed by atoms with Gasteiger partial charge in [0.1, 0.15) is 189 Å². The van der Waals surface area contributed by atoms with Crippen LogP contribution in [0.3, 0.4) is 0 Å². The van der Waals surface area contributed by atoms with Gasteiger partial charge in [-0.15, -0.1) is 0 Å². The lowest BCUT2D eigenvalue weighted by Crippen LogP contribution is -2.70. The molecule has 0 spiro atoms. The van der Waals surface area contributed by atoms with Gasteiger partial charge in [-0.25, -0.2) is 0 Å². The Hall–Kier alpha value is -3.56. The average Bonchev–Trinajstić information content (AvgIpc) is 1.54. The predicted molar refractivity (Wildman–Crippen MR) is 309 cm³/mol. The number of aliphatic hydroxyl groups excluding tert-OH is 20. The number of fused-ring (bicyclic) bond motifs is 1. The minimum absolute atomic E-state index is 0.666. The van der Waals surface area contributed by atoms with E-state index in [-0.39, 0.29) is 0 Å². The molecule has 44 nitrogen and oxygen atoms in total. The van der Waals surface area contributed by atoms with Gasteiger partial charge in [0.15, 0.2) is 49.7 Å². The van der Waals surface area contributed by atoms with Crippen molar-refractivity contribution in [2.24, 2.45) is 0 Å². The molecule has 9 fully saturated rings. The number of aliphatic hydroxyl groups is 20. The number of amides is 4. The van der Waals surface area contributed by atoms with Gasteiger partial charge >= 0.3 is 0 Å². The van der Waals surface area contributed by atoms with Crippen LogP contribution in [-0.4, -0.2) is 417 Å². The van der Waals surface area contributed by atoms with Crippen molar-refractivity contribution < 1.29 is 192 Å². The Kier molecular flexibility index (Phi) is 27.3. The fraction of sp³-hybridized carbons (Fsp3) is 0.929. The number of hydrogen-bond donors (Lipinski definition) is 25. The van der Waals surface area contributed by atoms with E-state index in [4.69, 9.17) is 71.1 Å². The van der Waals surface area contributed by atoms with Crippen molar-refractivity contribution in [3.8, 4) is 0 Å². The molecule has 100 heavy (non-hydrogen) atoms. The number of rotatable bonds is 25. The van der Waals surface area contributed by atoms with Gasteiger partial charge in [-0.3, -0.25) is 24.5 Å². The minimum atomic E-state index is -2.48. The van der Waals surface area contributed by atoms with Crippen molar-refractivity contribution in [3.63, 3.8) is 0 Å². The third kappa shape index (κ3) is 17.0. The highest BCUT2D eigenvalue weighted by molar-refractivity contribution is 5.75. The fourth-order valence-corrected chi connectivity index (χ4v) is 13.2. The molecule has 0 aromatic carbocycles. The summed E-state index contributed by atoms with van der Waals surface area (Å²) in [7, 11) is 0. The molecule has 0 saturated carbocycles. The van der Waals surface area contributed by atoms with Gasteiger partial charge in [0.25, 0.3) is 0 Å². The first kappa shape index (κ1) is 80.5. The highest BCUT2D eigenvalue weighted by Gasteiger charge is 2.69. The smallest absolute Gasteiger partial charge is 0.218 e. The van der Waals surface area contributed by atoms with Gasteiger partial charge in [0.05, 0.1) is 52.4 Å². The molecule has 0 bridgehead atoms. The van der Waals surface area contributed by atoms with Crippen LogP contribution < -0.4 is 26.6 Å². The molecule has 9 heterocycles. The van der Waals surface area contributed by atoms with Crippen LogP contribution in [0.25, 0.3) is 0 Å². The van der Waals surface area contributed by atoms with Crippen molar-refractivity contribution in [1.82, 2.24) is 26.6 Å². The van der Waals surface area contributed by atoms with Gasteiger partial charge in [-0.2, -0.15) is 0 Å². The lowest BCUT2D eigenvalue weighted by atomic mass is 9.94. The SMILES string of the molecule is CC(=O)N[C@H]1[C@H](O[C@@H]2[C@@H](CO[C@@H]3O[C@@H](C)[C@@H](O)[C@@H](O)[C@@H]3O)O[C@@H]3N[C@@]3(NC(C)=O)[C@H]2O)O[C@H](CO)[C@@H](O[C@@H]2O[C@H](CO[C@H]3O[C@H](CO)[C@@H](O)[C@H](O)[C@@H]3O[C@@H]3O[C@H](CO)[C@@H](O)[C@H](O)[C@H]3NC(C)=O)[C@@H](O)[C@H](O[C@H]3O[C@H](CO)[C@@H](O)[C@H](O)[C@@H]3O[C@@H]3O[C@H](CO)[C@@H](O)[C@H](O)[C@H]3NC(C)=O)[C@@H]2O)[C@@H]1O. The normalized spacial score (nSPS) is 49.8. The first-order valence-corrected chi connectivity index (χ1v) is 32.1. The standard InChI is InChI=1S/C56H93N5O39/c1-13-28(71)37(80)40(83)51(88-13)86-12-24-43(47(85)56(60-17(5)70)55(61-56)95-24)97-50-27(59-16(4)69)36(79)42(22(10-66)93-50)96-52-41(84)44(98-54-46(39(82)32(75)21(9-65)92-54)100-49-26(58-15(3)68)35(78)30(73)19(7-63)90-49)33(76)23(94-52)11-87-53-45(38(81)31(74)20(8-64)91-53)99-48-25(57-14(2)67)34(77)29(72)18(6-62)89-48/h13,18-55,61-66,71-85H,6-12H2,1-5H3,(H,57,67)(H,58,68)(H,59,69)(H,60,70)/t13-,18+,19+,20+,21+,22+,23+,24+,25+,26+,27+,28+,29+,30+,31+,32+,33+,34+,35+,36+,37+,38-,39-,40-,41-,42+,43+,44-,45-,46-,47-,48-,49-,50-,51+,52-,53-,54+,55-,56-/m0/s1. The number of ether oxygens (including phenoxy) is 15. The second-order valence-electron chi connectivity index (χ2n) is 25.8. The first-order chi connectivity index (χ1) is 47.2. The maximum Gasteiger partial charge on any atom is 0.218 e. The molecule has 9 aliphatic heterocycles. The summed E-state index contributed by atoms with van der Waals surface area (Å²) < 4.78 is 89.7. The molecule has 9 saturated heterocycles. The Morgan fingerprint density at radius 1 is 0.340 bits per heavy atom. The summed E-state index contributed by atoms with van der Waals surface area (Å²) in [4.78, 5) is 50.4. The largest absolute Gasteiger partial charge is 0.394 e. The van der Waals surface area contributed by atoms with Crippen molar-refractivity contribution in [1.29, 1.82) is 0 Å². The summed E-state index contributed by atoms with van der Waals surface area (Å²) in [5, 5.41) is 235. The number of carbonyl (C=O) groups is 4. The fourth-order valence-electron chi connectivity index (χ4n) is 13.2. The minimum Gasteiger partial charge on any atom is -0.394 e. The zero-order valence-corrected chi connectivity index (χ0v) is 54.2. The molecule has 0 aliphatic carbocycles. The van der Waals surface area contributed by atoms with Crippen LogP contribution in [0, 0.1) is 0 Å². The number of hydrogen-bond acceptors (Lipinski definition) is 40. The second kappa shape index (κ2) is 33.9. The molecule has 4 amide bonds. The zero-order chi connectivity index (χ0) is 73.4. The van der Waals surface area contributed by atoms with E-state index in [1.165, 1.54) is 6.92 Å². The van der Waals surface area contributed by atoms with Crippen LogP contribution in [0.15, 0.2) is 0 Å². The predicted octanol–water partition coefficient (Wildman–Crippen LogP) is -16.9. The Labute approximate surface area is 567 Å². The molecule has 0 aromatic heterocycles. The lowest BCUT2D eigenvalue weighted by molar-refractivity contribution is -0.395. The van der Waals surface area contributed by atoms with Crippen molar-refractivity contribution in [2.75, 3.05) is 46.2 Å². The molecule has 40 atom stereocenters. The maximum atomic E-state index is 13.1. The molecule has 25 N–H and O–H groups in total. The van der Waals surface area contributed by atoms with Gasteiger partial charge in [0.2, 0.25) is 23.6 Å². The Balaban J connectivity index is 1.04. The van der Waals surface area contributed by atoms with Crippen LogP contribution in [0.5, 0.6) is 0 Å². The molecule has 0 aromatic rings. The maximum absolute atomic E-state index is 13.1. The van der Waals surface area contributed by atoms with E-state index in [0.29, 0.717) is 0 Å². The number of carbonyl (C=O) groups excluding carboxylic acids is 4. The molecule has 9 rings (SSSR count). The molecule has 9 aliphatic rings. The van der Waals surface area contributed by atoms with E-state index in [1.54, 1.807) is 0 Å². The summed E-state index contributed by atoms with van der Waals surface area (Å²) in [6.45, 7) is -1.52. The van der Waals surface area contributed by atoms with E-state index in [2.05, 4.69) is 26.6 Å². The van der Waals surface area contributed by atoms with Crippen molar-refractivity contribution in [2.45, 2.75) is 280 Å². The van der Waals surface area contributed by atoms with Crippen LogP contribution in [0.4, 0.5) is 0 Å². The van der Waals surface area contributed by atoms with Crippen molar-refractivity contribution in [3.05, 3.63) is 0 Å². The van der Waals surface area contributed by atoms with Crippen LogP contribution in [-0.2, 0) is 90.2 Å². The second-order valence-corrected chi connectivity index (χ2v) is 25.8. The monoisotopic (exact) mass is 1460 g/mol. The lowest BCUT2D eigenvalue weighted by Gasteiger charge is -2.51. The number of nitrogens with one attached hydrogen (secondary N) is 5. The molecular weight excluding hydrogens is 1370 g/mol. The Morgan fingerprint density at radius 3 is 1.21 bits per heavy atom. The van der Waals surface area contributed by atoms with E-state index in [0.717, 1.165) is 27.7 Å².